The molecule has 0 radical (unpaired) electrons. The van der Waals surface area contributed by atoms with Crippen molar-refractivity contribution < 1.29 is 4.98 Å². The van der Waals surface area contributed by atoms with Crippen LogP contribution in [0.3, 0.4) is 0 Å². The predicted octanol–water partition coefficient (Wildman–Crippen LogP) is 8.97. The van der Waals surface area contributed by atoms with Gasteiger partial charge in [0.25, 0.3) is 0 Å². The Morgan fingerprint density at radius 3 is 2.08 bits per heavy atom. The van der Waals surface area contributed by atoms with Crippen LogP contribution < -0.4 is 4.98 Å². The number of fused-ring (bicyclic) bond motifs is 5. The smallest absolute Gasteiger partial charge is 0.236 e. The van der Waals surface area contributed by atoms with Crippen LogP contribution in [0.15, 0.2) is 127 Å². The van der Waals surface area contributed by atoms with Crippen molar-refractivity contribution in [2.24, 2.45) is 0 Å². The van der Waals surface area contributed by atoms with Crippen LogP contribution in [0.5, 0.6) is 0 Å². The molecule has 1 N–H and O–H groups in total. The standard InChI is InChI=1S/C35H21N3S/c1-2-9-26-21-27(18-13-22(26)7-1)32-29-20-19-23-8-3-4-10-28(23)33(29)38-34(37-32)24-14-16-25(17-15-24)35-36-30-11-5-6-12-31(30)39-35/h1-21H/p+1. The van der Waals surface area contributed by atoms with E-state index in [1.807, 2.05) is 6.07 Å². The second kappa shape index (κ2) is 8.83. The van der Waals surface area contributed by atoms with Crippen molar-refractivity contribution in [3.63, 3.8) is 0 Å². The minimum absolute atomic E-state index is 0.845. The molecule has 4 heteroatoms. The Balaban J connectivity index is 1.32. The van der Waals surface area contributed by atoms with Gasteiger partial charge >= 0.3 is 5.82 Å². The molecule has 3 nitrogen and oxygen atoms in total. The molecule has 0 unspecified atom stereocenters. The summed E-state index contributed by atoms with van der Waals surface area (Å²) in [5.41, 5.74) is 6.40. The summed E-state index contributed by atoms with van der Waals surface area (Å²) < 4.78 is 1.20. The predicted molar refractivity (Wildman–Crippen MR) is 163 cm³/mol. The Morgan fingerprint density at radius 1 is 0.513 bits per heavy atom. The number of rotatable bonds is 3. The van der Waals surface area contributed by atoms with Crippen molar-refractivity contribution in [3.05, 3.63) is 127 Å². The fraction of sp³-hybridized carbons (Fsp3) is 0. The van der Waals surface area contributed by atoms with E-state index in [0.717, 1.165) is 55.0 Å². The van der Waals surface area contributed by atoms with Gasteiger partial charge in [0, 0.05) is 16.5 Å². The molecule has 0 aliphatic carbocycles. The Labute approximate surface area is 229 Å². The van der Waals surface area contributed by atoms with Crippen LogP contribution in [-0.4, -0.2) is 9.97 Å². The molecule has 0 saturated heterocycles. The lowest BCUT2D eigenvalue weighted by atomic mass is 9.99. The lowest BCUT2D eigenvalue weighted by Crippen LogP contribution is -2.14. The maximum absolute atomic E-state index is 5.19. The molecule has 0 aliphatic rings. The van der Waals surface area contributed by atoms with Gasteiger partial charge in [-0.2, -0.15) is 0 Å². The van der Waals surface area contributed by atoms with Crippen molar-refractivity contribution >= 4 is 54.0 Å². The van der Waals surface area contributed by atoms with E-state index >= 15 is 0 Å². The summed E-state index contributed by atoms with van der Waals surface area (Å²) in [7, 11) is 0. The zero-order valence-corrected chi connectivity index (χ0v) is 21.7. The Hall–Kier alpha value is -4.93. The first-order valence-electron chi connectivity index (χ1n) is 13.0. The number of hydrogen-bond acceptors (Lipinski definition) is 3. The normalized spacial score (nSPS) is 11.6. The van der Waals surface area contributed by atoms with Crippen molar-refractivity contribution in [2.45, 2.75) is 0 Å². The highest BCUT2D eigenvalue weighted by Crippen LogP contribution is 2.34. The zero-order valence-electron chi connectivity index (χ0n) is 20.9. The first-order valence-corrected chi connectivity index (χ1v) is 13.8. The van der Waals surface area contributed by atoms with E-state index in [4.69, 9.17) is 9.97 Å². The molecule has 39 heavy (non-hydrogen) atoms. The Kier molecular flexibility index (Phi) is 5.00. The molecule has 0 amide bonds. The third-order valence-corrected chi connectivity index (χ3v) is 8.46. The van der Waals surface area contributed by atoms with E-state index in [2.05, 4.69) is 126 Å². The van der Waals surface area contributed by atoms with Gasteiger partial charge in [0.2, 0.25) is 0 Å². The Bertz CT molecular complexity index is 2140. The molecule has 8 aromatic rings. The highest BCUT2D eigenvalue weighted by atomic mass is 32.1. The average Bonchev–Trinajstić information content (AvgIpc) is 3.45. The van der Waals surface area contributed by atoms with E-state index in [9.17, 15) is 0 Å². The summed E-state index contributed by atoms with van der Waals surface area (Å²) in [6, 6.07) is 44.8. The van der Waals surface area contributed by atoms with Gasteiger partial charge in [-0.15, -0.1) is 11.3 Å². The van der Waals surface area contributed by atoms with E-state index in [0.29, 0.717) is 0 Å². The molecule has 0 fully saturated rings. The van der Waals surface area contributed by atoms with Crippen LogP contribution in [0.25, 0.3) is 75.9 Å². The number of thiazole rings is 1. The number of nitrogens with zero attached hydrogens (tertiary/aromatic N) is 2. The molecule has 8 rings (SSSR count). The maximum atomic E-state index is 5.19. The van der Waals surface area contributed by atoms with Gasteiger partial charge in [0.1, 0.15) is 10.7 Å². The number of aromatic amines is 1. The molecule has 6 aromatic carbocycles. The van der Waals surface area contributed by atoms with Crippen LogP contribution in [-0.2, 0) is 0 Å². The van der Waals surface area contributed by atoms with Crippen LogP contribution in [0.1, 0.15) is 0 Å². The largest absolute Gasteiger partial charge is 0.329 e. The van der Waals surface area contributed by atoms with Crippen molar-refractivity contribution in [2.75, 3.05) is 0 Å². The highest BCUT2D eigenvalue weighted by Gasteiger charge is 2.20. The summed E-state index contributed by atoms with van der Waals surface area (Å²) in [4.78, 5) is 13.7. The number of H-pyrrole nitrogens is 1. The number of nitrogens with one attached hydrogen (secondary N) is 1. The summed E-state index contributed by atoms with van der Waals surface area (Å²) in [6.07, 6.45) is 0. The van der Waals surface area contributed by atoms with Gasteiger partial charge in [-0.05, 0) is 63.6 Å². The van der Waals surface area contributed by atoms with Gasteiger partial charge in [-0.1, -0.05) is 84.9 Å². The Morgan fingerprint density at radius 2 is 1.21 bits per heavy atom. The molecule has 2 heterocycles. The average molecular weight is 517 g/mol. The molecular weight excluding hydrogens is 494 g/mol. The summed E-state index contributed by atoms with van der Waals surface area (Å²) in [5, 5.41) is 6.93. The second-order valence-electron chi connectivity index (χ2n) is 9.77. The van der Waals surface area contributed by atoms with E-state index < -0.39 is 0 Å². The molecule has 182 valence electrons. The van der Waals surface area contributed by atoms with Crippen LogP contribution in [0.4, 0.5) is 0 Å². The van der Waals surface area contributed by atoms with Gasteiger partial charge in [-0.25, -0.2) is 9.97 Å². The van der Waals surface area contributed by atoms with Gasteiger partial charge in [0.05, 0.1) is 21.2 Å². The maximum Gasteiger partial charge on any atom is 0.329 e. The SMILES string of the molecule is c1ccc2cc(-c3[nH+]c(-c4ccc(-c5nc6ccccc6s5)cc4)nc4c3ccc3ccccc34)ccc2c1. The van der Waals surface area contributed by atoms with Crippen LogP contribution in [0, 0.1) is 0 Å². The number of aromatic nitrogens is 3. The second-order valence-corrected chi connectivity index (χ2v) is 10.8. The molecule has 0 bridgehead atoms. The van der Waals surface area contributed by atoms with E-state index in [1.165, 1.54) is 20.9 Å². The lowest BCUT2D eigenvalue weighted by Gasteiger charge is -2.08. The summed E-state index contributed by atoms with van der Waals surface area (Å²) in [5.74, 6) is 0.845. The monoisotopic (exact) mass is 516 g/mol. The highest BCUT2D eigenvalue weighted by molar-refractivity contribution is 7.21. The first kappa shape index (κ1) is 22.1. The third-order valence-electron chi connectivity index (χ3n) is 7.37. The number of benzene rings is 6. The summed E-state index contributed by atoms with van der Waals surface area (Å²) >= 11 is 1.72. The fourth-order valence-corrected chi connectivity index (χ4v) is 6.35. The van der Waals surface area contributed by atoms with Crippen LogP contribution in [0.2, 0.25) is 0 Å². The van der Waals surface area contributed by atoms with Crippen molar-refractivity contribution in [1.29, 1.82) is 0 Å². The quantitative estimate of drug-likeness (QED) is 0.220. The van der Waals surface area contributed by atoms with E-state index in [-0.39, 0.29) is 0 Å². The molecule has 0 saturated carbocycles. The minimum Gasteiger partial charge on any atom is -0.236 e. The van der Waals surface area contributed by atoms with Crippen molar-refractivity contribution in [3.8, 4) is 33.2 Å². The molecule has 0 aliphatic heterocycles. The lowest BCUT2D eigenvalue weighted by molar-refractivity contribution is -0.353. The molecule has 2 aromatic heterocycles. The zero-order chi connectivity index (χ0) is 25.8. The van der Waals surface area contributed by atoms with Crippen molar-refractivity contribution in [1.82, 2.24) is 9.97 Å². The number of hydrogen-bond donors (Lipinski definition) is 0. The minimum atomic E-state index is 0.845. The van der Waals surface area contributed by atoms with Gasteiger partial charge in [0.15, 0.2) is 5.52 Å². The van der Waals surface area contributed by atoms with Crippen LogP contribution >= 0.6 is 11.3 Å². The molecule has 0 spiro atoms. The fourth-order valence-electron chi connectivity index (χ4n) is 5.38. The van der Waals surface area contributed by atoms with Gasteiger partial charge < -0.3 is 0 Å². The molecular formula is C35H22N3S+. The topological polar surface area (TPSA) is 39.9 Å². The third kappa shape index (κ3) is 3.77. The van der Waals surface area contributed by atoms with E-state index in [1.54, 1.807) is 11.3 Å². The number of para-hydroxylation sites is 1. The summed E-state index contributed by atoms with van der Waals surface area (Å²) in [6.45, 7) is 0. The first-order chi connectivity index (χ1) is 19.3. The van der Waals surface area contributed by atoms with Gasteiger partial charge in [-0.3, -0.25) is 0 Å². The molecule has 0 atom stereocenters.